The Morgan fingerprint density at radius 2 is 2.00 bits per heavy atom. The van der Waals surface area contributed by atoms with E-state index in [0.717, 1.165) is 6.04 Å². The van der Waals surface area contributed by atoms with Crippen molar-refractivity contribution in [3.63, 3.8) is 0 Å². The molecule has 1 unspecified atom stereocenters. The van der Waals surface area contributed by atoms with E-state index in [4.69, 9.17) is 0 Å². The summed E-state index contributed by atoms with van der Waals surface area (Å²) in [5, 5.41) is 3.60. The van der Waals surface area contributed by atoms with Crippen molar-refractivity contribution in [1.29, 1.82) is 0 Å². The van der Waals surface area contributed by atoms with Gasteiger partial charge in [-0.05, 0) is 57.0 Å². The molecule has 0 aromatic carbocycles. The Labute approximate surface area is 87.0 Å². The normalized spacial score (nSPS) is 40.3. The zero-order chi connectivity index (χ0) is 9.43. The highest BCUT2D eigenvalue weighted by molar-refractivity contribution is 4.96. The van der Waals surface area contributed by atoms with Crippen LogP contribution in [0.2, 0.25) is 0 Å². The number of nitrogens with zero attached hydrogens (tertiary/aromatic N) is 1. The molecule has 0 aromatic rings. The number of nitrogens with one attached hydrogen (secondary N) is 1. The summed E-state index contributed by atoms with van der Waals surface area (Å²) in [6.45, 7) is 5.32. The van der Waals surface area contributed by atoms with Gasteiger partial charge in [0.2, 0.25) is 0 Å². The summed E-state index contributed by atoms with van der Waals surface area (Å²) in [5.74, 6) is 0. The van der Waals surface area contributed by atoms with E-state index in [-0.39, 0.29) is 0 Å². The Hall–Kier alpha value is -0.0800. The first-order chi connectivity index (χ1) is 6.88. The topological polar surface area (TPSA) is 15.3 Å². The van der Waals surface area contributed by atoms with Crippen molar-refractivity contribution < 1.29 is 0 Å². The standard InChI is InChI=1S/C12H22N2/c1-5-12(9-13-7-1)6-2-8-14(10-12)11-3-4-11/h11,13H,1-10H2. The fourth-order valence-electron chi connectivity index (χ4n) is 3.38. The van der Waals surface area contributed by atoms with Crippen molar-refractivity contribution in [2.45, 2.75) is 44.6 Å². The fraction of sp³-hybridized carbons (Fsp3) is 1.00. The number of hydrogen-bond donors (Lipinski definition) is 1. The van der Waals surface area contributed by atoms with Crippen LogP contribution < -0.4 is 5.32 Å². The second-order valence-corrected chi connectivity index (χ2v) is 5.59. The summed E-state index contributed by atoms with van der Waals surface area (Å²) in [6, 6.07) is 0.981. The molecule has 0 aromatic heterocycles. The molecular formula is C12H22N2. The van der Waals surface area contributed by atoms with Crippen molar-refractivity contribution in [2.24, 2.45) is 5.41 Å². The van der Waals surface area contributed by atoms with Crippen LogP contribution in [0.4, 0.5) is 0 Å². The first kappa shape index (κ1) is 9.17. The van der Waals surface area contributed by atoms with Crippen LogP contribution in [-0.4, -0.2) is 37.1 Å². The van der Waals surface area contributed by atoms with Crippen molar-refractivity contribution >= 4 is 0 Å². The number of hydrogen-bond acceptors (Lipinski definition) is 2. The summed E-state index contributed by atoms with van der Waals surface area (Å²) >= 11 is 0. The minimum atomic E-state index is 0.666. The molecule has 0 radical (unpaired) electrons. The Bertz CT molecular complexity index is 199. The van der Waals surface area contributed by atoms with Crippen molar-refractivity contribution in [2.75, 3.05) is 26.2 Å². The summed E-state index contributed by atoms with van der Waals surface area (Å²) in [7, 11) is 0. The van der Waals surface area contributed by atoms with E-state index < -0.39 is 0 Å². The van der Waals surface area contributed by atoms with Crippen molar-refractivity contribution in [3.8, 4) is 0 Å². The Morgan fingerprint density at radius 3 is 2.71 bits per heavy atom. The monoisotopic (exact) mass is 194 g/mol. The molecule has 2 aliphatic heterocycles. The van der Waals surface area contributed by atoms with E-state index in [0.29, 0.717) is 5.41 Å². The molecule has 1 N–H and O–H groups in total. The van der Waals surface area contributed by atoms with E-state index >= 15 is 0 Å². The molecule has 1 atom stereocenters. The fourth-order valence-corrected chi connectivity index (χ4v) is 3.38. The van der Waals surface area contributed by atoms with E-state index in [9.17, 15) is 0 Å². The van der Waals surface area contributed by atoms with E-state index in [1.54, 1.807) is 0 Å². The van der Waals surface area contributed by atoms with Gasteiger partial charge in [-0.2, -0.15) is 0 Å². The van der Waals surface area contributed by atoms with Crippen molar-refractivity contribution in [3.05, 3.63) is 0 Å². The minimum absolute atomic E-state index is 0.666. The zero-order valence-corrected chi connectivity index (χ0v) is 9.10. The molecule has 80 valence electrons. The van der Waals surface area contributed by atoms with Gasteiger partial charge in [0.05, 0.1) is 0 Å². The zero-order valence-electron chi connectivity index (χ0n) is 9.10. The summed E-state index contributed by atoms with van der Waals surface area (Å²) in [4.78, 5) is 2.77. The molecule has 2 heteroatoms. The smallest absolute Gasteiger partial charge is 0.00966 e. The van der Waals surface area contributed by atoms with Crippen LogP contribution in [0, 0.1) is 5.41 Å². The molecule has 1 aliphatic carbocycles. The largest absolute Gasteiger partial charge is 0.316 e. The highest BCUT2D eigenvalue weighted by Crippen LogP contribution is 2.39. The van der Waals surface area contributed by atoms with Crippen LogP contribution in [0.1, 0.15) is 38.5 Å². The summed E-state index contributed by atoms with van der Waals surface area (Å²) in [6.07, 6.45) is 8.75. The number of rotatable bonds is 1. The molecule has 14 heavy (non-hydrogen) atoms. The lowest BCUT2D eigenvalue weighted by Crippen LogP contribution is -2.51. The maximum atomic E-state index is 3.60. The molecule has 1 spiro atoms. The first-order valence-corrected chi connectivity index (χ1v) is 6.33. The third kappa shape index (κ3) is 1.70. The predicted octanol–water partition coefficient (Wildman–Crippen LogP) is 1.61. The first-order valence-electron chi connectivity index (χ1n) is 6.33. The highest BCUT2D eigenvalue weighted by Gasteiger charge is 2.40. The van der Waals surface area contributed by atoms with Crippen LogP contribution in [-0.2, 0) is 0 Å². The Kier molecular flexibility index (Phi) is 2.29. The third-order valence-corrected chi connectivity index (χ3v) is 4.31. The van der Waals surface area contributed by atoms with Crippen molar-refractivity contribution in [1.82, 2.24) is 10.2 Å². The summed E-state index contributed by atoms with van der Waals surface area (Å²) < 4.78 is 0. The molecule has 2 nitrogen and oxygen atoms in total. The van der Waals surface area contributed by atoms with Gasteiger partial charge in [0, 0.05) is 19.1 Å². The lowest BCUT2D eigenvalue weighted by Gasteiger charge is -2.45. The second kappa shape index (κ2) is 3.49. The quantitative estimate of drug-likeness (QED) is 0.682. The van der Waals surface area contributed by atoms with Gasteiger partial charge in [-0.25, -0.2) is 0 Å². The van der Waals surface area contributed by atoms with E-state index in [1.807, 2.05) is 0 Å². The van der Waals surface area contributed by atoms with Gasteiger partial charge in [0.1, 0.15) is 0 Å². The van der Waals surface area contributed by atoms with E-state index in [1.165, 1.54) is 64.7 Å². The van der Waals surface area contributed by atoms with Gasteiger partial charge in [-0.15, -0.1) is 0 Å². The van der Waals surface area contributed by atoms with Gasteiger partial charge in [-0.1, -0.05) is 0 Å². The molecule has 3 fully saturated rings. The van der Waals surface area contributed by atoms with Crippen LogP contribution in [0.25, 0.3) is 0 Å². The molecule has 2 heterocycles. The highest BCUT2D eigenvalue weighted by atomic mass is 15.2. The molecule has 2 saturated heterocycles. The predicted molar refractivity (Wildman–Crippen MR) is 58.4 cm³/mol. The van der Waals surface area contributed by atoms with Gasteiger partial charge in [-0.3, -0.25) is 4.90 Å². The second-order valence-electron chi connectivity index (χ2n) is 5.59. The molecular weight excluding hydrogens is 172 g/mol. The van der Waals surface area contributed by atoms with Crippen LogP contribution >= 0.6 is 0 Å². The van der Waals surface area contributed by atoms with Gasteiger partial charge in [0.15, 0.2) is 0 Å². The lowest BCUT2D eigenvalue weighted by molar-refractivity contribution is 0.0597. The van der Waals surface area contributed by atoms with Gasteiger partial charge >= 0.3 is 0 Å². The maximum Gasteiger partial charge on any atom is 0.00966 e. The van der Waals surface area contributed by atoms with Crippen LogP contribution in [0.15, 0.2) is 0 Å². The maximum absolute atomic E-state index is 3.60. The third-order valence-electron chi connectivity index (χ3n) is 4.31. The molecule has 0 amide bonds. The Morgan fingerprint density at radius 1 is 1.14 bits per heavy atom. The van der Waals surface area contributed by atoms with Gasteiger partial charge in [0.25, 0.3) is 0 Å². The average Bonchev–Trinajstić information content (AvgIpc) is 3.02. The van der Waals surface area contributed by atoms with Crippen LogP contribution in [0.5, 0.6) is 0 Å². The molecule has 0 bridgehead atoms. The van der Waals surface area contributed by atoms with E-state index in [2.05, 4.69) is 10.2 Å². The summed E-state index contributed by atoms with van der Waals surface area (Å²) in [5.41, 5.74) is 0.666. The SMILES string of the molecule is C1CNCC2(C1)CCCN(C1CC1)C2. The van der Waals surface area contributed by atoms with Crippen LogP contribution in [0.3, 0.4) is 0 Å². The minimum Gasteiger partial charge on any atom is -0.316 e. The lowest BCUT2D eigenvalue weighted by atomic mass is 9.74. The number of piperidine rings is 2. The molecule has 3 rings (SSSR count). The molecule has 1 saturated carbocycles. The Balaban J connectivity index is 1.66. The number of likely N-dealkylation sites (tertiary alicyclic amines) is 1. The van der Waals surface area contributed by atoms with Gasteiger partial charge < -0.3 is 5.32 Å². The average molecular weight is 194 g/mol. The molecule has 3 aliphatic rings.